The molecule has 1 aliphatic rings. The lowest BCUT2D eigenvalue weighted by molar-refractivity contribution is -0.387. The molecule has 9 heteroatoms. The molecule has 23 heavy (non-hydrogen) atoms. The Labute approximate surface area is 130 Å². The Morgan fingerprint density at radius 3 is 2.65 bits per heavy atom. The molecule has 0 aromatic heterocycles. The van der Waals surface area contributed by atoms with Gasteiger partial charge in [0.2, 0.25) is 5.82 Å². The van der Waals surface area contributed by atoms with E-state index in [-0.39, 0.29) is 11.8 Å². The van der Waals surface area contributed by atoms with Gasteiger partial charge >= 0.3 is 11.7 Å². The standard InChI is InChI=1S/C14H15FN2O6/c1-8(14(19)20)16(9-2-3-9)13(18)7-23-10-4-5-12(17(21)22)11(15)6-10/h4-6,8-9H,2-3,7H2,1H3,(H,19,20). The monoisotopic (exact) mass is 326 g/mol. The van der Waals surface area contributed by atoms with Gasteiger partial charge in [0, 0.05) is 18.2 Å². The van der Waals surface area contributed by atoms with Crippen molar-refractivity contribution in [3.05, 3.63) is 34.1 Å². The number of aliphatic carboxylic acids is 1. The Hall–Kier alpha value is -2.71. The van der Waals surface area contributed by atoms with E-state index >= 15 is 0 Å². The summed E-state index contributed by atoms with van der Waals surface area (Å²) in [6.07, 6.45) is 1.46. The zero-order valence-corrected chi connectivity index (χ0v) is 12.3. The minimum atomic E-state index is -1.12. The zero-order valence-electron chi connectivity index (χ0n) is 12.3. The smallest absolute Gasteiger partial charge is 0.326 e. The van der Waals surface area contributed by atoms with Crippen LogP contribution in [0.3, 0.4) is 0 Å². The first-order chi connectivity index (χ1) is 10.8. The molecular weight excluding hydrogens is 311 g/mol. The third-order valence-corrected chi connectivity index (χ3v) is 3.48. The molecule has 0 radical (unpaired) electrons. The van der Waals surface area contributed by atoms with Gasteiger partial charge < -0.3 is 14.7 Å². The van der Waals surface area contributed by atoms with E-state index in [1.807, 2.05) is 0 Å². The normalized spacial score (nSPS) is 14.9. The molecule has 1 atom stereocenters. The van der Waals surface area contributed by atoms with E-state index in [0.29, 0.717) is 0 Å². The highest BCUT2D eigenvalue weighted by atomic mass is 19.1. The van der Waals surface area contributed by atoms with Crippen molar-refractivity contribution in [2.45, 2.75) is 31.8 Å². The maximum Gasteiger partial charge on any atom is 0.326 e. The second-order valence-electron chi connectivity index (χ2n) is 5.21. The van der Waals surface area contributed by atoms with Crippen molar-refractivity contribution in [2.75, 3.05) is 6.61 Å². The molecule has 0 bridgehead atoms. The van der Waals surface area contributed by atoms with Crippen LogP contribution in [0.2, 0.25) is 0 Å². The van der Waals surface area contributed by atoms with Crippen molar-refractivity contribution in [3.8, 4) is 5.75 Å². The van der Waals surface area contributed by atoms with Crippen molar-refractivity contribution in [1.29, 1.82) is 0 Å². The highest BCUT2D eigenvalue weighted by Gasteiger charge is 2.38. The van der Waals surface area contributed by atoms with E-state index in [0.717, 1.165) is 25.0 Å². The van der Waals surface area contributed by atoms with Crippen LogP contribution in [0.4, 0.5) is 10.1 Å². The van der Waals surface area contributed by atoms with Crippen LogP contribution in [0.25, 0.3) is 0 Å². The Bertz CT molecular complexity index is 646. The van der Waals surface area contributed by atoms with Gasteiger partial charge in [-0.3, -0.25) is 14.9 Å². The fraction of sp³-hybridized carbons (Fsp3) is 0.429. The minimum absolute atomic E-state index is 0.0415. The molecule has 1 amide bonds. The molecule has 8 nitrogen and oxygen atoms in total. The van der Waals surface area contributed by atoms with Gasteiger partial charge in [0.15, 0.2) is 6.61 Å². The summed E-state index contributed by atoms with van der Waals surface area (Å²) in [7, 11) is 0. The number of carbonyl (C=O) groups excluding carboxylic acids is 1. The molecule has 1 aromatic carbocycles. The third kappa shape index (κ3) is 3.93. The lowest BCUT2D eigenvalue weighted by Gasteiger charge is -2.26. The number of hydrogen-bond acceptors (Lipinski definition) is 5. The summed E-state index contributed by atoms with van der Waals surface area (Å²) in [6, 6.07) is 1.83. The van der Waals surface area contributed by atoms with E-state index < -0.39 is 41.0 Å². The summed E-state index contributed by atoms with van der Waals surface area (Å²) >= 11 is 0. The first-order valence-electron chi connectivity index (χ1n) is 6.92. The van der Waals surface area contributed by atoms with E-state index in [4.69, 9.17) is 9.84 Å². The number of carboxylic acid groups (broad SMARTS) is 1. The molecule has 0 heterocycles. The number of hydrogen-bond donors (Lipinski definition) is 1. The van der Waals surface area contributed by atoms with Crippen molar-refractivity contribution in [3.63, 3.8) is 0 Å². The molecule has 0 spiro atoms. The predicted molar refractivity (Wildman–Crippen MR) is 75.5 cm³/mol. The van der Waals surface area contributed by atoms with Gasteiger partial charge in [0.1, 0.15) is 11.8 Å². The van der Waals surface area contributed by atoms with Crippen LogP contribution in [0.5, 0.6) is 5.75 Å². The number of carbonyl (C=O) groups is 2. The first kappa shape index (κ1) is 16.7. The second kappa shape index (κ2) is 6.59. The van der Waals surface area contributed by atoms with Gasteiger partial charge in [-0.15, -0.1) is 0 Å². The Balaban J connectivity index is 2.01. The van der Waals surface area contributed by atoms with Crippen LogP contribution < -0.4 is 4.74 Å². The fourth-order valence-electron chi connectivity index (χ4n) is 2.15. The number of nitro benzene ring substituents is 1. The van der Waals surface area contributed by atoms with E-state index in [1.165, 1.54) is 17.9 Å². The van der Waals surface area contributed by atoms with E-state index in [2.05, 4.69) is 0 Å². The Morgan fingerprint density at radius 2 is 2.17 bits per heavy atom. The summed E-state index contributed by atoms with van der Waals surface area (Å²) in [6.45, 7) is 0.940. The number of benzene rings is 1. The number of halogens is 1. The molecule has 0 aliphatic heterocycles. The molecule has 1 aliphatic carbocycles. The zero-order chi connectivity index (χ0) is 17.1. The van der Waals surface area contributed by atoms with Crippen LogP contribution in [0, 0.1) is 15.9 Å². The fourth-order valence-corrected chi connectivity index (χ4v) is 2.15. The maximum atomic E-state index is 13.5. The number of nitrogens with zero attached hydrogens (tertiary/aromatic N) is 2. The molecule has 1 fully saturated rings. The third-order valence-electron chi connectivity index (χ3n) is 3.48. The quantitative estimate of drug-likeness (QED) is 0.601. The van der Waals surface area contributed by atoms with Gasteiger partial charge in [-0.2, -0.15) is 4.39 Å². The van der Waals surface area contributed by atoms with Crippen molar-refractivity contribution in [2.24, 2.45) is 0 Å². The minimum Gasteiger partial charge on any atom is -0.484 e. The maximum absolute atomic E-state index is 13.5. The first-order valence-corrected chi connectivity index (χ1v) is 6.92. The van der Waals surface area contributed by atoms with Crippen LogP contribution in [-0.2, 0) is 9.59 Å². The van der Waals surface area contributed by atoms with Crippen LogP contribution in [-0.4, -0.2) is 45.5 Å². The summed E-state index contributed by atoms with van der Waals surface area (Å²) in [5.41, 5.74) is -0.692. The summed E-state index contributed by atoms with van der Waals surface area (Å²) in [5.74, 6) is -2.76. The SMILES string of the molecule is CC(C(=O)O)N(C(=O)COc1ccc([N+](=O)[O-])c(F)c1)C1CC1. The van der Waals surface area contributed by atoms with Crippen LogP contribution in [0.15, 0.2) is 18.2 Å². The molecular formula is C14H15FN2O6. The lowest BCUT2D eigenvalue weighted by atomic mass is 10.2. The number of amides is 1. The van der Waals surface area contributed by atoms with Crippen molar-refractivity contribution < 1.29 is 28.7 Å². The van der Waals surface area contributed by atoms with Gasteiger partial charge in [-0.05, 0) is 25.8 Å². The molecule has 1 saturated carbocycles. The average molecular weight is 326 g/mol. The highest BCUT2D eigenvalue weighted by Crippen LogP contribution is 2.29. The van der Waals surface area contributed by atoms with Gasteiger partial charge in [-0.1, -0.05) is 0 Å². The molecule has 1 N–H and O–H groups in total. The molecule has 2 rings (SSSR count). The van der Waals surface area contributed by atoms with Gasteiger partial charge in [0.25, 0.3) is 5.91 Å². The number of rotatable bonds is 7. The van der Waals surface area contributed by atoms with Gasteiger partial charge in [0.05, 0.1) is 4.92 Å². The second-order valence-corrected chi connectivity index (χ2v) is 5.21. The number of ether oxygens (including phenoxy) is 1. The summed E-state index contributed by atoms with van der Waals surface area (Å²) < 4.78 is 18.6. The van der Waals surface area contributed by atoms with Gasteiger partial charge in [-0.25, -0.2) is 4.79 Å². The summed E-state index contributed by atoms with van der Waals surface area (Å²) in [5, 5.41) is 19.6. The molecule has 1 unspecified atom stereocenters. The lowest BCUT2D eigenvalue weighted by Crippen LogP contribution is -2.46. The molecule has 1 aromatic rings. The topological polar surface area (TPSA) is 110 Å². The molecule has 0 saturated heterocycles. The predicted octanol–water partition coefficient (Wildman–Crippen LogP) is 1.58. The summed E-state index contributed by atoms with van der Waals surface area (Å²) in [4.78, 5) is 34.1. The van der Waals surface area contributed by atoms with Crippen LogP contribution >= 0.6 is 0 Å². The largest absolute Gasteiger partial charge is 0.484 e. The average Bonchev–Trinajstić information content (AvgIpc) is 3.29. The van der Waals surface area contributed by atoms with Crippen molar-refractivity contribution in [1.82, 2.24) is 4.90 Å². The van der Waals surface area contributed by atoms with Crippen LogP contribution in [0.1, 0.15) is 19.8 Å². The Kier molecular flexibility index (Phi) is 4.77. The number of nitro groups is 1. The van der Waals surface area contributed by atoms with Crippen molar-refractivity contribution >= 4 is 17.6 Å². The highest BCUT2D eigenvalue weighted by molar-refractivity contribution is 5.84. The van der Waals surface area contributed by atoms with E-state index in [1.54, 1.807) is 0 Å². The number of carboxylic acids is 1. The Morgan fingerprint density at radius 1 is 1.52 bits per heavy atom. The van der Waals surface area contributed by atoms with E-state index in [9.17, 15) is 24.1 Å². The molecule has 124 valence electrons.